The van der Waals surface area contributed by atoms with Gasteiger partial charge in [0.05, 0.1) is 11.5 Å². The van der Waals surface area contributed by atoms with Crippen molar-refractivity contribution >= 4 is 0 Å². The molecule has 1 aliphatic rings. The van der Waals surface area contributed by atoms with Crippen molar-refractivity contribution in [3.05, 3.63) is 24.8 Å². The lowest BCUT2D eigenvalue weighted by atomic mass is 9.75. The summed E-state index contributed by atoms with van der Waals surface area (Å²) in [5.74, 6) is 0.431. The van der Waals surface area contributed by atoms with Crippen molar-refractivity contribution in [2.75, 3.05) is 0 Å². The molecule has 0 fully saturated rings. The molecule has 1 rings (SSSR count). The second kappa shape index (κ2) is 3.58. The highest BCUT2D eigenvalue weighted by atomic mass is 14.4. The van der Waals surface area contributed by atoms with E-state index in [1.165, 1.54) is 0 Å². The van der Waals surface area contributed by atoms with Crippen LogP contribution in [-0.2, 0) is 0 Å². The monoisotopic (exact) mass is 161 g/mol. The Kier molecular flexibility index (Phi) is 2.70. The smallest absolute Gasteiger partial charge is 0.0696 e. The first-order valence-electron chi connectivity index (χ1n) is 4.42. The molecule has 1 nitrogen and oxygen atoms in total. The molecule has 0 aromatic heterocycles. The molecule has 0 radical (unpaired) electrons. The highest BCUT2D eigenvalue weighted by Gasteiger charge is 2.32. The quantitative estimate of drug-likeness (QED) is 0.583. The normalized spacial score (nSPS) is 26.2. The number of nitriles is 1. The summed E-state index contributed by atoms with van der Waals surface area (Å²) in [5.41, 5.74) is -0.227. The Hall–Kier alpha value is -1.03. The zero-order valence-electron chi connectivity index (χ0n) is 7.59. The molecule has 0 aliphatic heterocycles. The minimum Gasteiger partial charge on any atom is -0.198 e. The van der Waals surface area contributed by atoms with Crippen LogP contribution in [0.2, 0.25) is 0 Å². The standard InChI is InChI=1S/C11H15N/c1-3-8-11(2,9-12)10-6-4-5-7-10/h3-4,6,10H,1,5,7-8H2,2H3. The van der Waals surface area contributed by atoms with E-state index in [2.05, 4.69) is 24.8 Å². The van der Waals surface area contributed by atoms with Gasteiger partial charge in [-0.3, -0.25) is 0 Å². The van der Waals surface area contributed by atoms with Gasteiger partial charge in [-0.1, -0.05) is 18.2 Å². The minimum absolute atomic E-state index is 0.227. The molecule has 1 aliphatic carbocycles. The minimum atomic E-state index is -0.227. The molecule has 2 atom stereocenters. The van der Waals surface area contributed by atoms with E-state index in [0.29, 0.717) is 5.92 Å². The van der Waals surface area contributed by atoms with Crippen molar-refractivity contribution in [3.8, 4) is 6.07 Å². The van der Waals surface area contributed by atoms with Crippen LogP contribution in [-0.4, -0.2) is 0 Å². The lowest BCUT2D eigenvalue weighted by Crippen LogP contribution is -2.22. The van der Waals surface area contributed by atoms with Gasteiger partial charge >= 0.3 is 0 Å². The van der Waals surface area contributed by atoms with Crippen LogP contribution in [0.1, 0.15) is 26.2 Å². The second-order valence-electron chi connectivity index (χ2n) is 3.63. The predicted molar refractivity (Wildman–Crippen MR) is 50.4 cm³/mol. The Morgan fingerprint density at radius 2 is 2.58 bits per heavy atom. The van der Waals surface area contributed by atoms with E-state index in [4.69, 9.17) is 5.26 Å². The van der Waals surface area contributed by atoms with Crippen LogP contribution in [0.5, 0.6) is 0 Å². The molecule has 64 valence electrons. The van der Waals surface area contributed by atoms with Crippen LogP contribution >= 0.6 is 0 Å². The number of nitrogens with zero attached hydrogens (tertiary/aromatic N) is 1. The van der Waals surface area contributed by atoms with Crippen molar-refractivity contribution < 1.29 is 0 Å². The molecular formula is C11H15N. The van der Waals surface area contributed by atoms with E-state index in [9.17, 15) is 0 Å². The molecule has 0 saturated carbocycles. The maximum Gasteiger partial charge on any atom is 0.0696 e. The van der Waals surface area contributed by atoms with Gasteiger partial charge in [0.15, 0.2) is 0 Å². The van der Waals surface area contributed by atoms with Crippen molar-refractivity contribution in [1.82, 2.24) is 0 Å². The van der Waals surface area contributed by atoms with Crippen molar-refractivity contribution in [2.45, 2.75) is 26.2 Å². The van der Waals surface area contributed by atoms with Gasteiger partial charge in [-0.2, -0.15) is 5.26 Å². The third-order valence-electron chi connectivity index (χ3n) is 2.65. The van der Waals surface area contributed by atoms with E-state index in [0.717, 1.165) is 19.3 Å². The summed E-state index contributed by atoms with van der Waals surface area (Å²) in [4.78, 5) is 0. The van der Waals surface area contributed by atoms with Crippen LogP contribution in [0.4, 0.5) is 0 Å². The lowest BCUT2D eigenvalue weighted by Gasteiger charge is -2.25. The molecule has 0 aromatic carbocycles. The van der Waals surface area contributed by atoms with Gasteiger partial charge in [-0.05, 0) is 32.1 Å². The first kappa shape index (κ1) is 9.06. The fourth-order valence-corrected chi connectivity index (χ4v) is 1.74. The van der Waals surface area contributed by atoms with Gasteiger partial charge in [-0.25, -0.2) is 0 Å². The van der Waals surface area contributed by atoms with Gasteiger partial charge in [0.1, 0.15) is 0 Å². The van der Waals surface area contributed by atoms with E-state index >= 15 is 0 Å². The van der Waals surface area contributed by atoms with Crippen LogP contribution in [0.3, 0.4) is 0 Å². The fourth-order valence-electron chi connectivity index (χ4n) is 1.74. The third kappa shape index (κ3) is 1.58. The highest BCUT2D eigenvalue weighted by Crippen LogP contribution is 2.38. The van der Waals surface area contributed by atoms with Gasteiger partial charge in [0.25, 0.3) is 0 Å². The molecule has 0 saturated heterocycles. The first-order valence-corrected chi connectivity index (χ1v) is 4.42. The number of rotatable bonds is 3. The molecule has 0 N–H and O–H groups in total. The zero-order chi connectivity index (χ0) is 9.03. The van der Waals surface area contributed by atoms with Crippen LogP contribution in [0.15, 0.2) is 24.8 Å². The summed E-state index contributed by atoms with van der Waals surface area (Å²) < 4.78 is 0. The van der Waals surface area contributed by atoms with Crippen LogP contribution in [0.25, 0.3) is 0 Å². The van der Waals surface area contributed by atoms with E-state index < -0.39 is 0 Å². The maximum atomic E-state index is 9.05. The zero-order valence-corrected chi connectivity index (χ0v) is 7.59. The largest absolute Gasteiger partial charge is 0.198 e. The predicted octanol–water partition coefficient (Wildman–Crippen LogP) is 3.06. The number of hydrogen-bond acceptors (Lipinski definition) is 1. The van der Waals surface area contributed by atoms with Gasteiger partial charge in [0, 0.05) is 0 Å². The molecular weight excluding hydrogens is 146 g/mol. The number of allylic oxidation sites excluding steroid dienone is 3. The van der Waals surface area contributed by atoms with Gasteiger partial charge in [-0.15, -0.1) is 6.58 Å². The van der Waals surface area contributed by atoms with E-state index in [1.54, 1.807) is 0 Å². The summed E-state index contributed by atoms with van der Waals surface area (Å²) in [5, 5.41) is 9.05. The fraction of sp³-hybridized carbons (Fsp3) is 0.545. The third-order valence-corrected chi connectivity index (χ3v) is 2.65. The topological polar surface area (TPSA) is 23.8 Å². The number of hydrogen-bond donors (Lipinski definition) is 0. The average Bonchev–Trinajstić information content (AvgIpc) is 2.57. The van der Waals surface area contributed by atoms with Crippen LogP contribution < -0.4 is 0 Å². The van der Waals surface area contributed by atoms with Gasteiger partial charge < -0.3 is 0 Å². The molecule has 0 amide bonds. The van der Waals surface area contributed by atoms with Crippen LogP contribution in [0, 0.1) is 22.7 Å². The maximum absolute atomic E-state index is 9.05. The summed E-state index contributed by atoms with van der Waals surface area (Å²) in [6.07, 6.45) is 9.22. The Morgan fingerprint density at radius 3 is 3.00 bits per heavy atom. The Bertz CT molecular complexity index is 234. The van der Waals surface area contributed by atoms with E-state index in [-0.39, 0.29) is 5.41 Å². The van der Waals surface area contributed by atoms with E-state index in [1.807, 2.05) is 13.0 Å². The molecule has 0 spiro atoms. The molecule has 12 heavy (non-hydrogen) atoms. The summed E-state index contributed by atoms with van der Waals surface area (Å²) in [6, 6.07) is 2.40. The van der Waals surface area contributed by atoms with Crippen molar-refractivity contribution in [1.29, 1.82) is 5.26 Å². The first-order chi connectivity index (χ1) is 5.73. The molecule has 0 heterocycles. The Morgan fingerprint density at radius 1 is 1.83 bits per heavy atom. The molecule has 2 unspecified atom stereocenters. The highest BCUT2D eigenvalue weighted by molar-refractivity contribution is 5.12. The second-order valence-corrected chi connectivity index (χ2v) is 3.63. The average molecular weight is 161 g/mol. The molecule has 0 bridgehead atoms. The van der Waals surface area contributed by atoms with Crippen molar-refractivity contribution in [3.63, 3.8) is 0 Å². The van der Waals surface area contributed by atoms with Crippen molar-refractivity contribution in [2.24, 2.45) is 11.3 Å². The summed E-state index contributed by atoms with van der Waals surface area (Å²) >= 11 is 0. The Balaban J connectivity index is 2.72. The lowest BCUT2D eigenvalue weighted by molar-refractivity contribution is 0.319. The SMILES string of the molecule is C=CCC(C)(C#N)C1C=CCC1. The summed E-state index contributed by atoms with van der Waals surface area (Å²) in [7, 11) is 0. The summed E-state index contributed by atoms with van der Waals surface area (Å²) in [6.45, 7) is 5.71. The van der Waals surface area contributed by atoms with Gasteiger partial charge in [0.2, 0.25) is 0 Å². The molecule has 0 aromatic rings. The Labute approximate surface area is 74.4 Å². The molecule has 1 heteroatoms.